The SMILES string of the molecule is CC(O)CNCc1ccc(-c2ccc3ncnc(Nc4ccc(Oc5ccccc5F)c(Cl)c4)c3c2)o1. The number of aliphatic hydroxyl groups is 1. The fourth-order valence-electron chi connectivity index (χ4n) is 3.79. The molecule has 9 heteroatoms. The van der Waals surface area contributed by atoms with Crippen LogP contribution in [-0.4, -0.2) is 27.7 Å². The van der Waals surface area contributed by atoms with E-state index >= 15 is 0 Å². The summed E-state index contributed by atoms with van der Waals surface area (Å²) in [6.45, 7) is 2.73. The Kier molecular flexibility index (Phi) is 7.32. The smallest absolute Gasteiger partial charge is 0.165 e. The Hall–Kier alpha value is -3.98. The van der Waals surface area contributed by atoms with Crippen LogP contribution in [0.3, 0.4) is 0 Å². The van der Waals surface area contributed by atoms with Crippen LogP contribution in [0.4, 0.5) is 15.9 Å². The number of fused-ring (bicyclic) bond motifs is 1. The van der Waals surface area contributed by atoms with Gasteiger partial charge in [0.1, 0.15) is 29.4 Å². The van der Waals surface area contributed by atoms with E-state index in [0.717, 1.165) is 22.2 Å². The lowest BCUT2D eigenvalue weighted by Gasteiger charge is -2.12. The second-order valence-corrected chi connectivity index (χ2v) is 8.91. The molecular weight excluding hydrogens is 495 g/mol. The lowest BCUT2D eigenvalue weighted by atomic mass is 10.1. The summed E-state index contributed by atoms with van der Waals surface area (Å²) in [6, 6.07) is 20.9. The Bertz CT molecular complexity index is 1540. The third-order valence-corrected chi connectivity index (χ3v) is 5.87. The van der Waals surface area contributed by atoms with Crippen LogP contribution in [0.1, 0.15) is 12.7 Å². The number of benzene rings is 3. The maximum atomic E-state index is 13.9. The highest BCUT2D eigenvalue weighted by molar-refractivity contribution is 6.32. The average molecular weight is 519 g/mol. The molecule has 1 unspecified atom stereocenters. The van der Waals surface area contributed by atoms with Gasteiger partial charge in [-0.15, -0.1) is 0 Å². The monoisotopic (exact) mass is 518 g/mol. The summed E-state index contributed by atoms with van der Waals surface area (Å²) in [5.41, 5.74) is 2.32. The number of rotatable bonds is 9. The molecule has 0 aliphatic carbocycles. The molecule has 0 aliphatic rings. The minimum Gasteiger partial charge on any atom is -0.460 e. The number of ether oxygens (including phenoxy) is 1. The summed E-state index contributed by atoms with van der Waals surface area (Å²) in [4.78, 5) is 8.79. The number of para-hydroxylation sites is 1. The number of aromatic nitrogens is 2. The van der Waals surface area contributed by atoms with E-state index in [4.69, 9.17) is 20.8 Å². The average Bonchev–Trinajstić information content (AvgIpc) is 3.35. The topological polar surface area (TPSA) is 92.4 Å². The van der Waals surface area contributed by atoms with E-state index in [1.165, 1.54) is 18.5 Å². The molecule has 0 bridgehead atoms. The largest absolute Gasteiger partial charge is 0.460 e. The number of hydrogen-bond acceptors (Lipinski definition) is 7. The summed E-state index contributed by atoms with van der Waals surface area (Å²) in [5, 5.41) is 17.0. The van der Waals surface area contributed by atoms with Crippen molar-refractivity contribution in [1.29, 1.82) is 0 Å². The van der Waals surface area contributed by atoms with Crippen molar-refractivity contribution < 1.29 is 18.7 Å². The molecule has 0 amide bonds. The quantitative estimate of drug-likeness (QED) is 0.200. The van der Waals surface area contributed by atoms with Gasteiger partial charge in [-0.1, -0.05) is 23.7 Å². The van der Waals surface area contributed by atoms with Crippen molar-refractivity contribution in [1.82, 2.24) is 15.3 Å². The number of aliphatic hydroxyl groups excluding tert-OH is 1. The molecule has 3 aromatic carbocycles. The second kappa shape index (κ2) is 11.0. The van der Waals surface area contributed by atoms with Crippen LogP contribution in [0.15, 0.2) is 83.5 Å². The van der Waals surface area contributed by atoms with E-state index in [1.54, 1.807) is 37.3 Å². The highest BCUT2D eigenvalue weighted by Gasteiger charge is 2.12. The van der Waals surface area contributed by atoms with Crippen LogP contribution < -0.4 is 15.4 Å². The molecule has 3 N–H and O–H groups in total. The summed E-state index contributed by atoms with van der Waals surface area (Å²) in [5.74, 6) is 2.04. The van der Waals surface area contributed by atoms with Gasteiger partial charge in [0.15, 0.2) is 11.6 Å². The van der Waals surface area contributed by atoms with Gasteiger partial charge >= 0.3 is 0 Å². The van der Waals surface area contributed by atoms with E-state index < -0.39 is 11.9 Å². The summed E-state index contributed by atoms with van der Waals surface area (Å²) in [7, 11) is 0. The Morgan fingerprint density at radius 3 is 2.70 bits per heavy atom. The lowest BCUT2D eigenvalue weighted by Crippen LogP contribution is -2.23. The van der Waals surface area contributed by atoms with Crippen LogP contribution in [-0.2, 0) is 6.54 Å². The maximum Gasteiger partial charge on any atom is 0.165 e. The minimum absolute atomic E-state index is 0.0965. The highest BCUT2D eigenvalue weighted by Crippen LogP contribution is 2.35. The molecule has 5 aromatic rings. The number of nitrogens with one attached hydrogen (secondary N) is 2. The second-order valence-electron chi connectivity index (χ2n) is 8.50. The number of nitrogens with zero attached hydrogens (tertiary/aromatic N) is 2. The Morgan fingerprint density at radius 2 is 1.89 bits per heavy atom. The van der Waals surface area contributed by atoms with Gasteiger partial charge in [0.2, 0.25) is 0 Å². The van der Waals surface area contributed by atoms with Crippen LogP contribution in [0, 0.1) is 5.82 Å². The fourth-order valence-corrected chi connectivity index (χ4v) is 4.01. The van der Waals surface area contributed by atoms with Crippen LogP contribution >= 0.6 is 11.6 Å². The molecule has 1 atom stereocenters. The number of anilines is 2. The summed E-state index contributed by atoms with van der Waals surface area (Å²) >= 11 is 6.43. The molecule has 0 radical (unpaired) electrons. The Balaban J connectivity index is 1.37. The Morgan fingerprint density at radius 1 is 1.03 bits per heavy atom. The van der Waals surface area contributed by atoms with Gasteiger partial charge in [0.25, 0.3) is 0 Å². The lowest BCUT2D eigenvalue weighted by molar-refractivity contribution is 0.190. The first kappa shape index (κ1) is 24.7. The van der Waals surface area contributed by atoms with Gasteiger partial charge in [-0.2, -0.15) is 0 Å². The normalized spacial score (nSPS) is 12.0. The number of furan rings is 1. The zero-order chi connectivity index (χ0) is 25.8. The minimum atomic E-state index is -0.469. The molecule has 0 aliphatic heterocycles. The summed E-state index contributed by atoms with van der Waals surface area (Å²) < 4.78 is 25.6. The van der Waals surface area contributed by atoms with Crippen molar-refractivity contribution in [2.45, 2.75) is 19.6 Å². The Labute approximate surface area is 217 Å². The van der Waals surface area contributed by atoms with Gasteiger partial charge < -0.3 is 24.9 Å². The number of hydrogen-bond donors (Lipinski definition) is 3. The number of halogens is 2. The van der Waals surface area contributed by atoms with Gasteiger partial charge in [0, 0.05) is 23.2 Å². The van der Waals surface area contributed by atoms with E-state index in [9.17, 15) is 9.50 Å². The standard InChI is InChI=1S/C28H24ClFN4O3/c1-17(35)14-31-15-20-8-11-25(36-20)18-6-9-24-21(12-18)28(33-16-32-24)34-19-7-10-26(22(29)13-19)37-27-5-3-2-4-23(27)30/h2-13,16-17,31,35H,14-15H2,1H3,(H,32,33,34). The molecular formula is C28H24ClFN4O3. The molecule has 188 valence electrons. The third kappa shape index (κ3) is 5.89. The molecule has 5 rings (SSSR count). The zero-order valence-corrected chi connectivity index (χ0v) is 20.7. The van der Waals surface area contributed by atoms with E-state index in [-0.39, 0.29) is 5.75 Å². The first-order chi connectivity index (χ1) is 18.0. The van der Waals surface area contributed by atoms with Gasteiger partial charge in [-0.3, -0.25) is 0 Å². The summed E-state index contributed by atoms with van der Waals surface area (Å²) in [6.07, 6.45) is 1.06. The first-order valence-electron chi connectivity index (χ1n) is 11.7. The van der Waals surface area contributed by atoms with Crippen molar-refractivity contribution in [3.63, 3.8) is 0 Å². The van der Waals surface area contributed by atoms with Crippen LogP contribution in [0.25, 0.3) is 22.2 Å². The van der Waals surface area contributed by atoms with Crippen molar-refractivity contribution in [2.24, 2.45) is 0 Å². The van der Waals surface area contributed by atoms with Crippen molar-refractivity contribution in [2.75, 3.05) is 11.9 Å². The molecule has 7 nitrogen and oxygen atoms in total. The maximum absolute atomic E-state index is 13.9. The third-order valence-electron chi connectivity index (χ3n) is 5.57. The van der Waals surface area contributed by atoms with Gasteiger partial charge in [-0.05, 0) is 67.6 Å². The molecule has 37 heavy (non-hydrogen) atoms. The molecule has 2 aromatic heterocycles. The van der Waals surface area contributed by atoms with Crippen LogP contribution in [0.2, 0.25) is 5.02 Å². The molecule has 0 saturated heterocycles. The van der Waals surface area contributed by atoms with E-state index in [1.807, 2.05) is 30.3 Å². The fraction of sp³-hybridized carbons (Fsp3) is 0.143. The van der Waals surface area contributed by atoms with Crippen molar-refractivity contribution >= 4 is 34.0 Å². The van der Waals surface area contributed by atoms with Crippen molar-refractivity contribution in [3.8, 4) is 22.8 Å². The predicted molar refractivity (Wildman–Crippen MR) is 142 cm³/mol. The van der Waals surface area contributed by atoms with Crippen LogP contribution in [0.5, 0.6) is 11.5 Å². The first-order valence-corrected chi connectivity index (χ1v) is 12.1. The van der Waals surface area contributed by atoms with E-state index in [0.29, 0.717) is 41.1 Å². The highest BCUT2D eigenvalue weighted by atomic mass is 35.5. The van der Waals surface area contributed by atoms with Gasteiger partial charge in [-0.25, -0.2) is 14.4 Å². The van der Waals surface area contributed by atoms with Crippen molar-refractivity contribution in [3.05, 3.63) is 95.7 Å². The zero-order valence-electron chi connectivity index (χ0n) is 19.9. The molecule has 0 saturated carbocycles. The molecule has 2 heterocycles. The predicted octanol–water partition coefficient (Wildman–Crippen LogP) is 6.69. The molecule has 0 spiro atoms. The molecule has 0 fully saturated rings. The van der Waals surface area contributed by atoms with Gasteiger partial charge in [0.05, 0.1) is 23.2 Å². The van der Waals surface area contributed by atoms with E-state index in [2.05, 4.69) is 20.6 Å².